The van der Waals surface area contributed by atoms with Crippen molar-refractivity contribution in [1.82, 2.24) is 46.5 Å². The van der Waals surface area contributed by atoms with Crippen molar-refractivity contribution in [3.8, 4) is 0 Å². The standard InChI is InChI=1S/C36H46N14O14S.CH4/c37-35(38)40-9-1-2-18(29(57)47-21(11-25(54)55)31(59)48-22(14-65)34(63)64)45-30(58)20(10-24(52)53)44-23(51)8-7-19(33(61)62)46-28(56)15-3-5-16(6-4-15)41-12-17-13-42-27-26(43-17)32(60)50-36(39)49-27;/h3-6,13,18-22,41,65H,1-2,7-12,14H2,(H,44,51)(H,45,58)(H,46,56)(H,47,57)(H,48,59)(H,52,53)(H,54,55)(H,61,62)(H,63,64)(H4,37,38,40)(H3,39,42,49,50,60);1H4/t18-,19-,20-,21-,22-;/m0./s1. The maximum atomic E-state index is 13.4. The number of anilines is 2. The topological polar surface area (TPSA) is 469 Å². The molecule has 28 nitrogen and oxygen atoms in total. The predicted molar refractivity (Wildman–Crippen MR) is 235 cm³/mol. The number of aliphatic carboxylic acids is 4. The molecule has 1 aromatic carbocycles. The first kappa shape index (κ1) is 54.0. The second-order valence-corrected chi connectivity index (χ2v) is 14.2. The number of aliphatic imine (C=N–C) groups is 1. The van der Waals surface area contributed by atoms with Crippen molar-refractivity contribution in [3.05, 3.63) is 52.1 Å². The summed E-state index contributed by atoms with van der Waals surface area (Å²) in [7, 11) is 0. The summed E-state index contributed by atoms with van der Waals surface area (Å²) in [6.07, 6.45) is -2.21. The number of benzene rings is 1. The van der Waals surface area contributed by atoms with Crippen LogP contribution in [0.1, 0.15) is 62.0 Å². The number of nitrogen functional groups attached to an aromatic ring is 1. The highest BCUT2D eigenvalue weighted by molar-refractivity contribution is 7.80. The summed E-state index contributed by atoms with van der Waals surface area (Å²) in [5, 5.41) is 51.8. The van der Waals surface area contributed by atoms with Crippen molar-refractivity contribution in [2.45, 2.75) is 82.7 Å². The number of carbonyl (C=O) groups is 9. The van der Waals surface area contributed by atoms with Crippen molar-refractivity contribution in [1.29, 1.82) is 0 Å². The SMILES string of the molecule is C.NC(N)=NCCC[C@H](NC(=O)[C@H](CC(=O)O)NC(=O)CC[C@H](NC(=O)c1ccc(NCc2cnc3nc(N)[nH]c(=O)c3n2)cc1)C(=O)O)C(=O)N[C@@H](CC(=O)O)C(=O)N[C@@H](CS)C(=O)O. The third kappa shape index (κ3) is 17.6. The lowest BCUT2D eigenvalue weighted by molar-refractivity contribution is -0.143. The average molecular weight is 947 g/mol. The molecule has 3 rings (SSSR count). The van der Waals surface area contributed by atoms with Crippen LogP contribution in [0, 0.1) is 0 Å². The molecule has 0 spiro atoms. The minimum Gasteiger partial charge on any atom is -0.481 e. The van der Waals surface area contributed by atoms with Gasteiger partial charge in [0, 0.05) is 30.0 Å². The zero-order valence-corrected chi connectivity index (χ0v) is 34.9. The Kier molecular flexibility index (Phi) is 21.2. The molecule has 29 heteroatoms. The van der Waals surface area contributed by atoms with Gasteiger partial charge in [0.2, 0.25) is 29.6 Å². The molecule has 2 heterocycles. The van der Waals surface area contributed by atoms with E-state index in [9.17, 15) is 68.4 Å². The van der Waals surface area contributed by atoms with Gasteiger partial charge in [-0.05, 0) is 43.5 Å². The van der Waals surface area contributed by atoms with E-state index in [0.717, 1.165) is 0 Å². The van der Waals surface area contributed by atoms with E-state index in [0.29, 0.717) is 11.4 Å². The zero-order valence-electron chi connectivity index (χ0n) is 34.0. The number of aromatic nitrogens is 4. The number of nitrogens with two attached hydrogens (primary N) is 3. The fourth-order valence-corrected chi connectivity index (χ4v) is 5.82. The summed E-state index contributed by atoms with van der Waals surface area (Å²) >= 11 is 3.82. The molecule has 5 amide bonds. The molecule has 2 aromatic heterocycles. The van der Waals surface area contributed by atoms with E-state index in [-0.39, 0.29) is 62.0 Å². The molecule has 0 aliphatic rings. The third-order valence-corrected chi connectivity index (χ3v) is 9.15. The van der Waals surface area contributed by atoms with E-state index in [1.807, 2.05) is 5.32 Å². The van der Waals surface area contributed by atoms with Gasteiger partial charge in [0.1, 0.15) is 30.2 Å². The molecule has 0 aliphatic carbocycles. The van der Waals surface area contributed by atoms with Crippen LogP contribution in [0.15, 0.2) is 40.2 Å². The van der Waals surface area contributed by atoms with E-state index in [4.69, 9.17) is 17.2 Å². The number of nitrogens with one attached hydrogen (secondary N) is 7. The lowest BCUT2D eigenvalue weighted by Gasteiger charge is -2.25. The van der Waals surface area contributed by atoms with Gasteiger partial charge in [-0.15, -0.1) is 0 Å². The van der Waals surface area contributed by atoms with Crippen LogP contribution in [-0.4, -0.2) is 142 Å². The Balaban J connectivity index is 0.0000150. The summed E-state index contributed by atoms with van der Waals surface area (Å²) in [5.41, 5.74) is 16.5. The first-order valence-corrected chi connectivity index (χ1v) is 19.7. The largest absolute Gasteiger partial charge is 0.481 e. The van der Waals surface area contributed by atoms with Crippen LogP contribution in [0.3, 0.4) is 0 Å². The quantitative estimate of drug-likeness (QED) is 0.0160. The minimum atomic E-state index is -1.88. The highest BCUT2D eigenvalue weighted by Crippen LogP contribution is 2.13. The Hall–Kier alpha value is -8.11. The molecule has 17 N–H and O–H groups in total. The van der Waals surface area contributed by atoms with Crippen molar-refractivity contribution in [3.63, 3.8) is 0 Å². The zero-order chi connectivity index (χ0) is 48.4. The summed E-state index contributed by atoms with van der Waals surface area (Å²) in [4.78, 5) is 143. The van der Waals surface area contributed by atoms with Gasteiger partial charge in [0.15, 0.2) is 17.1 Å². The second kappa shape index (κ2) is 25.9. The molecule has 5 atom stereocenters. The van der Waals surface area contributed by atoms with Gasteiger partial charge in [0.05, 0.1) is 31.3 Å². The van der Waals surface area contributed by atoms with Gasteiger partial charge < -0.3 is 69.5 Å². The van der Waals surface area contributed by atoms with Gasteiger partial charge in [-0.25, -0.2) is 19.6 Å². The number of carboxylic acid groups (broad SMARTS) is 4. The van der Waals surface area contributed by atoms with E-state index >= 15 is 0 Å². The third-order valence-electron chi connectivity index (χ3n) is 8.79. The van der Waals surface area contributed by atoms with Crippen molar-refractivity contribution < 1.29 is 63.6 Å². The Morgan fingerprint density at radius 3 is 1.86 bits per heavy atom. The highest BCUT2D eigenvalue weighted by atomic mass is 32.1. The molecule has 66 heavy (non-hydrogen) atoms. The molecule has 0 fully saturated rings. The molecule has 3 aromatic rings. The molecule has 0 radical (unpaired) electrons. The maximum absolute atomic E-state index is 13.4. The van der Waals surface area contributed by atoms with E-state index < -0.39 is 121 Å². The van der Waals surface area contributed by atoms with Crippen LogP contribution >= 0.6 is 12.6 Å². The van der Waals surface area contributed by atoms with Crippen molar-refractivity contribution >= 4 is 94.8 Å². The monoisotopic (exact) mass is 946 g/mol. The summed E-state index contributed by atoms with van der Waals surface area (Å²) in [6.45, 7) is 0.0166. The van der Waals surface area contributed by atoms with Crippen LogP contribution in [0.25, 0.3) is 11.2 Å². The highest BCUT2D eigenvalue weighted by Gasteiger charge is 2.33. The fourth-order valence-electron chi connectivity index (χ4n) is 5.57. The number of thiol groups is 1. The molecule has 358 valence electrons. The average Bonchev–Trinajstić information content (AvgIpc) is 3.23. The van der Waals surface area contributed by atoms with Crippen LogP contribution in [0.5, 0.6) is 0 Å². The van der Waals surface area contributed by atoms with Gasteiger partial charge in [0.25, 0.3) is 11.5 Å². The Bertz CT molecular complexity index is 2360. The number of rotatable bonds is 26. The number of carboxylic acids is 4. The maximum Gasteiger partial charge on any atom is 0.327 e. The first-order chi connectivity index (χ1) is 30.7. The Morgan fingerprint density at radius 1 is 0.742 bits per heavy atom. The number of guanidine groups is 1. The Morgan fingerprint density at radius 2 is 1.30 bits per heavy atom. The summed E-state index contributed by atoms with van der Waals surface area (Å²) in [5.74, 6) is -12.6. The van der Waals surface area contributed by atoms with E-state index in [2.05, 4.69) is 64.1 Å². The van der Waals surface area contributed by atoms with E-state index in [1.165, 1.54) is 30.5 Å². The molecular weight excluding hydrogens is 897 g/mol. The summed E-state index contributed by atoms with van der Waals surface area (Å²) in [6, 6.07) is -2.87. The van der Waals surface area contributed by atoms with Crippen molar-refractivity contribution in [2.75, 3.05) is 23.3 Å². The van der Waals surface area contributed by atoms with Crippen molar-refractivity contribution in [2.24, 2.45) is 16.5 Å². The van der Waals surface area contributed by atoms with Crippen LogP contribution in [0.4, 0.5) is 11.6 Å². The number of amides is 5. The number of fused-ring (bicyclic) bond motifs is 1. The van der Waals surface area contributed by atoms with Crippen LogP contribution < -0.4 is 54.7 Å². The molecule has 0 bridgehead atoms. The minimum absolute atomic E-state index is 0. The summed E-state index contributed by atoms with van der Waals surface area (Å²) < 4.78 is 0. The number of H-pyrrole nitrogens is 1. The fraction of sp³-hybridized carbons (Fsp3) is 0.405. The smallest absolute Gasteiger partial charge is 0.327 e. The van der Waals surface area contributed by atoms with Gasteiger partial charge in [-0.3, -0.25) is 48.3 Å². The van der Waals surface area contributed by atoms with Crippen LogP contribution in [-0.2, 0) is 44.9 Å². The first-order valence-electron chi connectivity index (χ1n) is 19.1. The number of hydrogen-bond donors (Lipinski definition) is 15. The lowest BCUT2D eigenvalue weighted by Crippen LogP contribution is -2.58. The molecule has 0 saturated heterocycles. The van der Waals surface area contributed by atoms with Crippen LogP contribution in [0.2, 0.25) is 0 Å². The van der Waals surface area contributed by atoms with Gasteiger partial charge in [-0.2, -0.15) is 17.6 Å². The number of hydrogen-bond acceptors (Lipinski definition) is 17. The van der Waals surface area contributed by atoms with Gasteiger partial charge in [-0.1, -0.05) is 7.43 Å². The number of aromatic amines is 1. The second-order valence-electron chi connectivity index (χ2n) is 13.8. The lowest BCUT2D eigenvalue weighted by atomic mass is 10.1. The Labute approximate surface area is 378 Å². The number of nitrogens with zero attached hydrogens (tertiary/aromatic N) is 4. The molecule has 0 aliphatic heterocycles. The van der Waals surface area contributed by atoms with Gasteiger partial charge >= 0.3 is 23.9 Å². The number of carbonyl (C=O) groups excluding carboxylic acids is 5. The predicted octanol–water partition coefficient (Wildman–Crippen LogP) is -3.54. The molecular formula is C37H50N14O14S. The normalized spacial score (nSPS) is 12.9. The molecule has 0 saturated carbocycles. The molecule has 0 unspecified atom stereocenters. The van der Waals surface area contributed by atoms with E-state index in [1.54, 1.807) is 0 Å².